The molecule has 2 unspecified atom stereocenters. The number of halogens is 3. The first-order valence-corrected chi connectivity index (χ1v) is 15.4. The van der Waals surface area contributed by atoms with Crippen LogP contribution in [-0.4, -0.2) is 65.4 Å². The molecule has 3 heterocycles. The number of aliphatic hydroxyl groups excluding tert-OH is 1. The van der Waals surface area contributed by atoms with Crippen LogP contribution in [0.3, 0.4) is 0 Å². The predicted molar refractivity (Wildman–Crippen MR) is 170 cm³/mol. The summed E-state index contributed by atoms with van der Waals surface area (Å²) >= 11 is 12.8. The number of ether oxygens (including phenoxy) is 1. The second kappa shape index (κ2) is 12.1. The van der Waals surface area contributed by atoms with Crippen LogP contribution in [0.5, 0.6) is 5.75 Å². The average Bonchev–Trinajstić information content (AvgIpc) is 3.63. The zero-order valence-electron chi connectivity index (χ0n) is 24.2. The molecule has 3 aromatic rings. The summed E-state index contributed by atoms with van der Waals surface area (Å²) in [7, 11) is 0. The molecule has 4 atom stereocenters. The van der Waals surface area contributed by atoms with E-state index in [9.17, 15) is 9.90 Å². The van der Waals surface area contributed by atoms with Crippen LogP contribution in [0.25, 0.3) is 0 Å². The Labute approximate surface area is 265 Å². The smallest absolute Gasteiger partial charge is 0.250 e. The molecule has 0 aliphatic carbocycles. The van der Waals surface area contributed by atoms with Crippen molar-refractivity contribution in [2.75, 3.05) is 31.6 Å². The summed E-state index contributed by atoms with van der Waals surface area (Å²) in [5, 5.41) is 21.3. The molecule has 44 heavy (non-hydrogen) atoms. The fourth-order valence-corrected chi connectivity index (χ4v) is 7.82. The van der Waals surface area contributed by atoms with Gasteiger partial charge in [0.2, 0.25) is 5.91 Å². The van der Waals surface area contributed by atoms with Gasteiger partial charge in [0.1, 0.15) is 17.1 Å². The Hall–Kier alpha value is -3.47. The minimum Gasteiger partial charge on any atom is -0.494 e. The third-order valence-electron chi connectivity index (χ3n) is 9.17. The summed E-state index contributed by atoms with van der Waals surface area (Å²) in [6.07, 6.45) is 1.83. The maximum Gasteiger partial charge on any atom is 0.250 e. The molecule has 230 valence electrons. The number of carbonyl (C=O) groups is 1. The lowest BCUT2D eigenvalue weighted by Gasteiger charge is -2.41. The molecule has 2 saturated heterocycles. The van der Waals surface area contributed by atoms with E-state index in [1.807, 2.05) is 37.3 Å². The molecule has 1 spiro atoms. The lowest BCUT2D eigenvalue weighted by atomic mass is 9.73. The van der Waals surface area contributed by atoms with Crippen LogP contribution in [-0.2, 0) is 16.9 Å². The van der Waals surface area contributed by atoms with E-state index < -0.39 is 17.3 Å². The lowest BCUT2D eigenvalue weighted by Crippen LogP contribution is -2.52. The molecule has 5 N–H and O–H groups in total. The van der Waals surface area contributed by atoms with Gasteiger partial charge in [0.15, 0.2) is 0 Å². The topological polar surface area (TPSA) is 115 Å². The number of likely N-dealkylation sites (tertiary alicyclic amines) is 2. The molecule has 3 aliphatic rings. The monoisotopic (exact) mass is 637 g/mol. The van der Waals surface area contributed by atoms with Gasteiger partial charge < -0.3 is 26.3 Å². The number of carbonyl (C=O) groups excluding carboxylic acids is 1. The maximum absolute atomic E-state index is 16.2. The molecule has 0 saturated carbocycles. The van der Waals surface area contributed by atoms with Crippen molar-refractivity contribution in [3.63, 3.8) is 0 Å². The minimum atomic E-state index is -1.32. The largest absolute Gasteiger partial charge is 0.494 e. The van der Waals surface area contributed by atoms with Crippen LogP contribution < -0.4 is 15.8 Å². The number of anilines is 1. The third-order valence-corrected chi connectivity index (χ3v) is 9.70. The fraction of sp³-hybridized carbons (Fsp3) is 0.333. The molecule has 3 aliphatic heterocycles. The maximum atomic E-state index is 16.2. The van der Waals surface area contributed by atoms with Gasteiger partial charge in [0, 0.05) is 71.4 Å². The Morgan fingerprint density at radius 1 is 1.23 bits per heavy atom. The summed E-state index contributed by atoms with van der Waals surface area (Å²) < 4.78 is 22.0. The van der Waals surface area contributed by atoms with Crippen LogP contribution >= 0.6 is 23.2 Å². The Morgan fingerprint density at radius 3 is 2.77 bits per heavy atom. The van der Waals surface area contributed by atoms with Crippen LogP contribution in [0.15, 0.2) is 71.9 Å². The van der Waals surface area contributed by atoms with E-state index >= 15 is 4.39 Å². The number of amides is 1. The van der Waals surface area contributed by atoms with Gasteiger partial charge in [-0.3, -0.25) is 14.6 Å². The molecule has 3 aromatic carbocycles. The van der Waals surface area contributed by atoms with Crippen molar-refractivity contribution in [2.45, 2.75) is 43.4 Å². The van der Waals surface area contributed by atoms with Crippen LogP contribution in [0, 0.1) is 11.2 Å². The van der Waals surface area contributed by atoms with E-state index in [0.29, 0.717) is 53.5 Å². The second-order valence-corrected chi connectivity index (χ2v) is 12.3. The fourth-order valence-electron chi connectivity index (χ4n) is 7.46. The number of hydrogen-bond acceptors (Lipinski definition) is 7. The first-order valence-electron chi connectivity index (χ1n) is 14.6. The molecule has 2 fully saturated rings. The van der Waals surface area contributed by atoms with Gasteiger partial charge in [-0.1, -0.05) is 53.5 Å². The number of rotatable bonds is 9. The van der Waals surface area contributed by atoms with Crippen molar-refractivity contribution in [3.05, 3.63) is 104 Å². The van der Waals surface area contributed by atoms with Gasteiger partial charge in [-0.25, -0.2) is 4.39 Å². The highest BCUT2D eigenvalue weighted by atomic mass is 35.5. The number of aliphatic hydroxyl groups is 1. The van der Waals surface area contributed by atoms with Gasteiger partial charge in [0.25, 0.3) is 0 Å². The molecule has 0 bridgehead atoms. The Balaban J connectivity index is 1.59. The number of nitrogens with two attached hydrogens (primary N) is 1. The van der Waals surface area contributed by atoms with Crippen molar-refractivity contribution in [3.8, 4) is 5.75 Å². The standard InChI is InChI=1S/C33H34Cl2FN5O3/c1-2-44-22-6-3-5-19(13-22)16-41-28-11-12-40(17-20(15-37)26(38)18-42)31(28)29(23-7-4-8-25(35)30(23)36)33(41)24-10-9-21(34)14-27(24)39-32(33)43/h3-10,13-15,28-29,31,37,42H,2,11-12,16-18,38H2,1H3,(H,39,43)/b26-20+,37-15?/t28?,29-,31+,33?/m0/s1. The molecule has 11 heteroatoms. The second-order valence-electron chi connectivity index (χ2n) is 11.4. The molecule has 0 aromatic heterocycles. The van der Waals surface area contributed by atoms with E-state index in [-0.39, 0.29) is 41.9 Å². The van der Waals surface area contributed by atoms with E-state index in [1.54, 1.807) is 24.3 Å². The summed E-state index contributed by atoms with van der Waals surface area (Å²) in [6.45, 7) is 3.32. The molecule has 6 rings (SSSR count). The summed E-state index contributed by atoms with van der Waals surface area (Å²) in [5.41, 5.74) is 8.01. The Bertz CT molecular complexity index is 1650. The molecular formula is C33H34Cl2FN5O3. The van der Waals surface area contributed by atoms with Gasteiger partial charge in [0.05, 0.1) is 18.2 Å². The highest BCUT2D eigenvalue weighted by molar-refractivity contribution is 6.31. The molecule has 8 nitrogen and oxygen atoms in total. The Kier molecular flexibility index (Phi) is 8.43. The number of nitrogens with zero attached hydrogens (tertiary/aromatic N) is 2. The highest BCUT2D eigenvalue weighted by Crippen LogP contribution is 2.61. The van der Waals surface area contributed by atoms with Gasteiger partial charge in [-0.15, -0.1) is 0 Å². The van der Waals surface area contributed by atoms with Crippen LogP contribution in [0.2, 0.25) is 10.0 Å². The highest BCUT2D eigenvalue weighted by Gasteiger charge is 2.69. The first kappa shape index (κ1) is 30.6. The molecular weight excluding hydrogens is 604 g/mol. The lowest BCUT2D eigenvalue weighted by molar-refractivity contribution is -0.128. The quantitative estimate of drug-likeness (QED) is 0.238. The van der Waals surface area contributed by atoms with Crippen molar-refractivity contribution in [2.24, 2.45) is 5.73 Å². The predicted octanol–water partition coefficient (Wildman–Crippen LogP) is 5.28. The van der Waals surface area contributed by atoms with Crippen molar-refractivity contribution < 1.29 is 19.0 Å². The van der Waals surface area contributed by atoms with Crippen molar-refractivity contribution in [1.82, 2.24) is 9.80 Å². The summed E-state index contributed by atoms with van der Waals surface area (Å²) in [6, 6.07) is 17.5. The molecule has 0 radical (unpaired) electrons. The van der Waals surface area contributed by atoms with Crippen LogP contribution in [0.1, 0.15) is 36.0 Å². The summed E-state index contributed by atoms with van der Waals surface area (Å²) in [4.78, 5) is 18.9. The van der Waals surface area contributed by atoms with E-state index in [4.69, 9.17) is 39.1 Å². The molecule has 1 amide bonds. The summed E-state index contributed by atoms with van der Waals surface area (Å²) in [5.74, 6) is -0.818. The third kappa shape index (κ3) is 4.87. The zero-order chi connectivity index (χ0) is 31.2. The first-order chi connectivity index (χ1) is 21.2. The van der Waals surface area contributed by atoms with E-state index in [2.05, 4.69) is 15.1 Å². The van der Waals surface area contributed by atoms with Crippen molar-refractivity contribution >= 4 is 41.0 Å². The normalized spacial score (nSPS) is 25.1. The van der Waals surface area contributed by atoms with Gasteiger partial charge in [-0.2, -0.15) is 0 Å². The number of nitrogens with one attached hydrogen (secondary N) is 2. The van der Waals surface area contributed by atoms with Crippen molar-refractivity contribution in [1.29, 1.82) is 5.41 Å². The zero-order valence-corrected chi connectivity index (χ0v) is 25.7. The van der Waals surface area contributed by atoms with E-state index in [0.717, 1.165) is 17.5 Å². The SMILES string of the molecule is CCOc1cccc(CN2C3CCN(C/C(C=N)=C(/N)CO)[C@H]3[C@H](c3cccc(Cl)c3F)C23C(=O)Nc2cc(Cl)ccc23)c1. The van der Waals surface area contributed by atoms with Crippen LogP contribution in [0.4, 0.5) is 10.1 Å². The van der Waals surface area contributed by atoms with E-state index in [1.165, 1.54) is 6.07 Å². The average molecular weight is 639 g/mol. The Morgan fingerprint density at radius 2 is 2.02 bits per heavy atom. The minimum absolute atomic E-state index is 0.0269. The number of hydrogen-bond donors (Lipinski definition) is 4. The number of benzene rings is 3. The van der Waals surface area contributed by atoms with Gasteiger partial charge >= 0.3 is 0 Å². The number of fused-ring (bicyclic) bond motifs is 3. The van der Waals surface area contributed by atoms with Gasteiger partial charge in [-0.05, 0) is 54.8 Å².